The topological polar surface area (TPSA) is 66.0 Å². The Morgan fingerprint density at radius 1 is 1.19 bits per heavy atom. The second kappa shape index (κ2) is 8.54. The van der Waals surface area contributed by atoms with E-state index in [9.17, 15) is 9.59 Å². The van der Waals surface area contributed by atoms with Crippen LogP contribution in [0.4, 0.5) is 4.79 Å². The molecule has 4 heterocycles. The van der Waals surface area contributed by atoms with E-state index in [0.717, 1.165) is 36.0 Å². The van der Waals surface area contributed by atoms with Crippen molar-refractivity contribution in [3.8, 4) is 0 Å². The number of urea groups is 1. The average molecular weight is 435 g/mol. The third-order valence-corrected chi connectivity index (χ3v) is 7.07. The lowest BCUT2D eigenvalue weighted by Gasteiger charge is -2.42. The normalized spacial score (nSPS) is 24.0. The number of ether oxygens (including phenoxy) is 1. The third kappa shape index (κ3) is 3.86. The molecule has 1 aromatic carbocycles. The fourth-order valence-corrected chi connectivity index (χ4v) is 5.35. The summed E-state index contributed by atoms with van der Waals surface area (Å²) in [6.45, 7) is 5.88. The highest BCUT2D eigenvalue weighted by Gasteiger charge is 2.54. The zero-order valence-corrected chi connectivity index (χ0v) is 18.6. The van der Waals surface area contributed by atoms with Gasteiger partial charge in [0.2, 0.25) is 0 Å². The molecular formula is C25H30N4O3. The summed E-state index contributed by atoms with van der Waals surface area (Å²) >= 11 is 0. The molecular weight excluding hydrogens is 404 g/mol. The molecule has 2 aromatic rings. The molecule has 0 N–H and O–H groups in total. The van der Waals surface area contributed by atoms with Crippen LogP contribution in [0.25, 0.3) is 0 Å². The summed E-state index contributed by atoms with van der Waals surface area (Å²) in [5, 5.41) is 0. The molecule has 1 aromatic heterocycles. The number of nitrogens with zero attached hydrogens (tertiary/aromatic N) is 4. The van der Waals surface area contributed by atoms with Gasteiger partial charge < -0.3 is 19.4 Å². The molecule has 7 nitrogen and oxygen atoms in total. The number of carbonyl (C=O) groups excluding carboxylic acids is 2. The van der Waals surface area contributed by atoms with Crippen molar-refractivity contribution in [3.63, 3.8) is 0 Å². The third-order valence-electron chi connectivity index (χ3n) is 7.07. The molecule has 0 radical (unpaired) electrons. The SMILES string of the molecule is Cc1ccc(C(=O)N2CCC(N3C(=O)N(Cc4cccnc4)C[C@]34CCOC4)CC2)cc1. The molecule has 7 heteroatoms. The summed E-state index contributed by atoms with van der Waals surface area (Å²) in [7, 11) is 0. The molecule has 0 unspecified atom stereocenters. The quantitative estimate of drug-likeness (QED) is 0.742. The molecule has 1 atom stereocenters. The number of aromatic nitrogens is 1. The number of rotatable bonds is 4. The Bertz CT molecular complexity index is 964. The van der Waals surface area contributed by atoms with Gasteiger partial charge in [0, 0.05) is 56.8 Å². The Morgan fingerprint density at radius 3 is 2.62 bits per heavy atom. The Kier molecular flexibility index (Phi) is 5.59. The van der Waals surface area contributed by atoms with Crippen LogP contribution in [0.3, 0.4) is 0 Å². The van der Waals surface area contributed by atoms with Crippen LogP contribution >= 0.6 is 0 Å². The molecule has 5 rings (SSSR count). The van der Waals surface area contributed by atoms with E-state index in [4.69, 9.17) is 4.74 Å². The van der Waals surface area contributed by atoms with Gasteiger partial charge in [-0.15, -0.1) is 0 Å². The van der Waals surface area contributed by atoms with Crippen LogP contribution in [0.1, 0.15) is 40.7 Å². The van der Waals surface area contributed by atoms with Gasteiger partial charge in [-0.25, -0.2) is 4.79 Å². The maximum absolute atomic E-state index is 13.5. The maximum Gasteiger partial charge on any atom is 0.321 e. The van der Waals surface area contributed by atoms with Crippen molar-refractivity contribution in [1.82, 2.24) is 19.7 Å². The molecule has 3 saturated heterocycles. The molecule has 0 saturated carbocycles. The lowest BCUT2D eigenvalue weighted by atomic mass is 9.92. The van der Waals surface area contributed by atoms with Crippen LogP contribution in [0.5, 0.6) is 0 Å². The molecule has 1 spiro atoms. The zero-order chi connectivity index (χ0) is 22.1. The Hall–Kier alpha value is -2.93. The number of benzene rings is 1. The molecule has 0 bridgehead atoms. The molecule has 3 amide bonds. The second-order valence-electron chi connectivity index (χ2n) is 9.29. The molecule has 3 aliphatic rings. The molecule has 3 aliphatic heterocycles. The highest BCUT2D eigenvalue weighted by molar-refractivity contribution is 5.94. The van der Waals surface area contributed by atoms with E-state index in [1.165, 1.54) is 0 Å². The van der Waals surface area contributed by atoms with Crippen molar-refractivity contribution in [2.75, 3.05) is 32.8 Å². The molecule has 168 valence electrons. The second-order valence-corrected chi connectivity index (χ2v) is 9.29. The van der Waals surface area contributed by atoms with Gasteiger partial charge >= 0.3 is 6.03 Å². The highest BCUT2D eigenvalue weighted by atomic mass is 16.5. The van der Waals surface area contributed by atoms with Gasteiger partial charge in [0.05, 0.1) is 12.1 Å². The largest absolute Gasteiger partial charge is 0.379 e. The summed E-state index contributed by atoms with van der Waals surface area (Å²) < 4.78 is 5.78. The van der Waals surface area contributed by atoms with E-state index in [1.54, 1.807) is 6.20 Å². The number of aryl methyl sites for hydroxylation is 1. The number of likely N-dealkylation sites (tertiary alicyclic amines) is 1. The summed E-state index contributed by atoms with van der Waals surface area (Å²) in [6.07, 6.45) is 6.03. The van der Waals surface area contributed by atoms with Crippen molar-refractivity contribution in [3.05, 3.63) is 65.5 Å². The van der Waals surface area contributed by atoms with Crippen LogP contribution in [-0.4, -0.2) is 76.1 Å². The molecule has 3 fully saturated rings. The minimum Gasteiger partial charge on any atom is -0.379 e. The Balaban J connectivity index is 1.28. The van der Waals surface area contributed by atoms with Crippen molar-refractivity contribution in [2.24, 2.45) is 0 Å². The first kappa shape index (κ1) is 20.9. The summed E-state index contributed by atoms with van der Waals surface area (Å²) in [6, 6.07) is 11.9. The smallest absolute Gasteiger partial charge is 0.321 e. The van der Waals surface area contributed by atoms with Gasteiger partial charge in [0.25, 0.3) is 5.91 Å². The van der Waals surface area contributed by atoms with Crippen LogP contribution in [0.15, 0.2) is 48.8 Å². The van der Waals surface area contributed by atoms with Gasteiger partial charge in [-0.05, 0) is 49.9 Å². The summed E-state index contributed by atoms with van der Waals surface area (Å²) in [5.74, 6) is 0.0771. The first-order valence-electron chi connectivity index (χ1n) is 11.5. The standard InChI is InChI=1S/C25H30N4O3/c1-19-4-6-21(7-5-19)23(30)27-12-8-22(9-13-27)29-24(31)28(16-20-3-2-11-26-15-20)17-25(29)10-14-32-18-25/h2-7,11,15,22H,8-10,12-14,16-18H2,1H3/t25-/m0/s1. The monoisotopic (exact) mass is 434 g/mol. The fraction of sp³-hybridized carbons (Fsp3) is 0.480. The van der Waals surface area contributed by atoms with E-state index >= 15 is 0 Å². The number of hydrogen-bond donors (Lipinski definition) is 0. The van der Waals surface area contributed by atoms with Gasteiger partial charge in [-0.2, -0.15) is 0 Å². The minimum absolute atomic E-state index is 0.0771. The number of hydrogen-bond acceptors (Lipinski definition) is 4. The number of piperidine rings is 1. The van der Waals surface area contributed by atoms with E-state index < -0.39 is 0 Å². The van der Waals surface area contributed by atoms with Crippen LogP contribution in [-0.2, 0) is 11.3 Å². The summed E-state index contributed by atoms with van der Waals surface area (Å²) in [5.41, 5.74) is 2.66. The van der Waals surface area contributed by atoms with Gasteiger partial charge in [0.1, 0.15) is 0 Å². The van der Waals surface area contributed by atoms with Crippen LogP contribution in [0.2, 0.25) is 0 Å². The van der Waals surface area contributed by atoms with Crippen LogP contribution in [0, 0.1) is 6.92 Å². The molecule has 32 heavy (non-hydrogen) atoms. The predicted molar refractivity (Wildman–Crippen MR) is 120 cm³/mol. The van der Waals surface area contributed by atoms with Crippen molar-refractivity contribution >= 4 is 11.9 Å². The first-order chi connectivity index (χ1) is 15.6. The lowest BCUT2D eigenvalue weighted by molar-refractivity contribution is 0.0498. The van der Waals surface area contributed by atoms with Crippen molar-refractivity contribution < 1.29 is 14.3 Å². The maximum atomic E-state index is 13.5. The van der Waals surface area contributed by atoms with E-state index in [2.05, 4.69) is 9.88 Å². The van der Waals surface area contributed by atoms with Gasteiger partial charge in [-0.3, -0.25) is 9.78 Å². The fourth-order valence-electron chi connectivity index (χ4n) is 5.35. The van der Waals surface area contributed by atoms with E-state index in [0.29, 0.717) is 39.4 Å². The van der Waals surface area contributed by atoms with Gasteiger partial charge in [0.15, 0.2) is 0 Å². The van der Waals surface area contributed by atoms with Crippen molar-refractivity contribution in [2.45, 2.75) is 44.3 Å². The predicted octanol–water partition coefficient (Wildman–Crippen LogP) is 3.09. The highest BCUT2D eigenvalue weighted by Crippen LogP contribution is 2.38. The zero-order valence-electron chi connectivity index (χ0n) is 18.6. The minimum atomic E-state index is -0.257. The lowest BCUT2D eigenvalue weighted by Crippen LogP contribution is -2.56. The number of pyridine rings is 1. The Morgan fingerprint density at radius 2 is 1.97 bits per heavy atom. The van der Waals surface area contributed by atoms with E-state index in [-0.39, 0.29) is 23.5 Å². The average Bonchev–Trinajstić information content (AvgIpc) is 3.39. The Labute approximate surface area is 189 Å². The van der Waals surface area contributed by atoms with Crippen molar-refractivity contribution in [1.29, 1.82) is 0 Å². The van der Waals surface area contributed by atoms with Gasteiger partial charge in [-0.1, -0.05) is 23.8 Å². The number of amides is 3. The van der Waals surface area contributed by atoms with E-state index in [1.807, 2.05) is 59.3 Å². The van der Waals surface area contributed by atoms with Crippen LogP contribution < -0.4 is 0 Å². The first-order valence-corrected chi connectivity index (χ1v) is 11.5. The number of carbonyl (C=O) groups is 2. The summed E-state index contributed by atoms with van der Waals surface area (Å²) in [4.78, 5) is 36.6. The molecule has 0 aliphatic carbocycles.